The average molecular weight is 231 g/mol. The summed E-state index contributed by atoms with van der Waals surface area (Å²) in [4.78, 5) is 0. The second-order valence-electron chi connectivity index (χ2n) is 4.75. The van der Waals surface area contributed by atoms with Gasteiger partial charge in [-0.3, -0.25) is 0 Å². The van der Waals surface area contributed by atoms with E-state index in [9.17, 15) is 8.42 Å². The highest BCUT2D eigenvalue weighted by Gasteiger charge is 2.40. The van der Waals surface area contributed by atoms with E-state index in [0.717, 1.165) is 25.7 Å². The van der Waals surface area contributed by atoms with Gasteiger partial charge in [-0.25, -0.2) is 8.42 Å². The summed E-state index contributed by atoms with van der Waals surface area (Å²) in [5, 5.41) is 0. The monoisotopic (exact) mass is 231 g/mol. The summed E-state index contributed by atoms with van der Waals surface area (Å²) < 4.78 is 25.9. The van der Waals surface area contributed by atoms with Crippen LogP contribution in [0.2, 0.25) is 0 Å². The van der Waals surface area contributed by atoms with Crippen LogP contribution in [0.4, 0.5) is 0 Å². The van der Waals surface area contributed by atoms with Crippen LogP contribution in [0.3, 0.4) is 0 Å². The fourth-order valence-electron chi connectivity index (χ4n) is 2.57. The molecule has 2 aliphatic rings. The van der Waals surface area contributed by atoms with Crippen molar-refractivity contribution in [1.82, 2.24) is 4.31 Å². The standard InChI is InChI=1S/C11H21NO2S/c1-2-15(13,14)12(11-8-9-11)10-6-4-3-5-7-10/h10-11H,2-9H2,1H3. The van der Waals surface area contributed by atoms with Crippen molar-refractivity contribution in [3.63, 3.8) is 0 Å². The largest absolute Gasteiger partial charge is 0.214 e. The minimum absolute atomic E-state index is 0.264. The molecule has 3 nitrogen and oxygen atoms in total. The summed E-state index contributed by atoms with van der Waals surface area (Å²) in [5.41, 5.74) is 0. The van der Waals surface area contributed by atoms with Crippen molar-refractivity contribution in [2.75, 3.05) is 5.75 Å². The summed E-state index contributed by atoms with van der Waals surface area (Å²) in [6.45, 7) is 1.76. The van der Waals surface area contributed by atoms with Gasteiger partial charge in [-0.2, -0.15) is 4.31 Å². The zero-order chi connectivity index (χ0) is 10.9. The Labute approximate surface area is 92.9 Å². The van der Waals surface area contributed by atoms with E-state index in [1.54, 1.807) is 6.92 Å². The van der Waals surface area contributed by atoms with Crippen molar-refractivity contribution in [1.29, 1.82) is 0 Å². The summed E-state index contributed by atoms with van der Waals surface area (Å²) in [6, 6.07) is 0.661. The lowest BCUT2D eigenvalue weighted by molar-refractivity contribution is 0.247. The molecule has 0 aliphatic heterocycles. The van der Waals surface area contributed by atoms with Crippen molar-refractivity contribution < 1.29 is 8.42 Å². The van der Waals surface area contributed by atoms with Gasteiger partial charge in [-0.15, -0.1) is 0 Å². The summed E-state index contributed by atoms with van der Waals surface area (Å²) in [5.74, 6) is 0.264. The Balaban J connectivity index is 2.11. The highest BCUT2D eigenvalue weighted by Crippen LogP contribution is 2.35. The van der Waals surface area contributed by atoms with E-state index < -0.39 is 10.0 Å². The molecule has 2 rings (SSSR count). The Kier molecular flexibility index (Phi) is 3.36. The minimum atomic E-state index is -2.96. The first kappa shape index (κ1) is 11.4. The zero-order valence-electron chi connectivity index (χ0n) is 9.48. The predicted octanol–water partition coefficient (Wildman–Crippen LogP) is 2.13. The molecule has 0 N–H and O–H groups in total. The van der Waals surface area contributed by atoms with Gasteiger partial charge in [0.15, 0.2) is 0 Å². The Bertz CT molecular complexity index is 303. The fourth-order valence-corrected chi connectivity index (χ4v) is 4.19. The number of hydrogen-bond donors (Lipinski definition) is 0. The van der Waals surface area contributed by atoms with E-state index in [1.165, 1.54) is 19.3 Å². The van der Waals surface area contributed by atoms with Crippen LogP contribution in [0.5, 0.6) is 0 Å². The quantitative estimate of drug-likeness (QED) is 0.743. The molecule has 2 saturated carbocycles. The lowest BCUT2D eigenvalue weighted by Crippen LogP contribution is -2.43. The van der Waals surface area contributed by atoms with Crippen LogP contribution >= 0.6 is 0 Å². The molecule has 0 atom stereocenters. The predicted molar refractivity (Wildman–Crippen MR) is 61.2 cm³/mol. The van der Waals surface area contributed by atoms with Crippen LogP contribution < -0.4 is 0 Å². The van der Waals surface area contributed by atoms with Gasteiger partial charge in [-0.05, 0) is 32.6 Å². The van der Waals surface area contributed by atoms with Crippen molar-refractivity contribution in [3.05, 3.63) is 0 Å². The number of rotatable bonds is 4. The van der Waals surface area contributed by atoms with Crippen LogP contribution in [0.15, 0.2) is 0 Å². The maximum atomic E-state index is 12.0. The van der Waals surface area contributed by atoms with Crippen LogP contribution in [0.25, 0.3) is 0 Å². The molecule has 2 aliphatic carbocycles. The highest BCUT2D eigenvalue weighted by molar-refractivity contribution is 7.89. The Hall–Kier alpha value is -0.0900. The van der Waals surface area contributed by atoms with E-state index in [4.69, 9.17) is 0 Å². The molecular formula is C11H21NO2S. The second-order valence-corrected chi connectivity index (χ2v) is 6.92. The fraction of sp³-hybridized carbons (Fsp3) is 1.00. The maximum absolute atomic E-state index is 12.0. The molecule has 0 aromatic carbocycles. The van der Waals surface area contributed by atoms with E-state index >= 15 is 0 Å². The molecular weight excluding hydrogens is 210 g/mol. The van der Waals surface area contributed by atoms with Crippen LogP contribution in [-0.4, -0.2) is 30.6 Å². The number of nitrogens with zero attached hydrogens (tertiary/aromatic N) is 1. The highest BCUT2D eigenvalue weighted by atomic mass is 32.2. The lowest BCUT2D eigenvalue weighted by Gasteiger charge is -2.33. The van der Waals surface area contributed by atoms with E-state index in [2.05, 4.69) is 0 Å². The van der Waals surface area contributed by atoms with Gasteiger partial charge in [0.1, 0.15) is 0 Å². The smallest absolute Gasteiger partial charge is 0.212 e. The molecule has 0 aromatic rings. The molecule has 4 heteroatoms. The lowest BCUT2D eigenvalue weighted by atomic mass is 9.95. The first-order valence-corrected chi connectivity index (χ1v) is 7.77. The SMILES string of the molecule is CCS(=O)(=O)N(C1CCCCC1)C1CC1. The van der Waals surface area contributed by atoms with Gasteiger partial charge >= 0.3 is 0 Å². The van der Waals surface area contributed by atoms with Crippen molar-refractivity contribution in [2.24, 2.45) is 0 Å². The van der Waals surface area contributed by atoms with Crippen LogP contribution in [0.1, 0.15) is 51.9 Å². The topological polar surface area (TPSA) is 37.4 Å². The van der Waals surface area contributed by atoms with Gasteiger partial charge < -0.3 is 0 Å². The third kappa shape index (κ3) is 2.53. The van der Waals surface area contributed by atoms with Crippen molar-refractivity contribution >= 4 is 10.0 Å². The number of sulfonamides is 1. The third-order valence-corrected chi connectivity index (χ3v) is 5.50. The Morgan fingerprint density at radius 2 is 1.53 bits per heavy atom. The van der Waals surface area contributed by atoms with Gasteiger partial charge in [-0.1, -0.05) is 19.3 Å². The molecule has 15 heavy (non-hydrogen) atoms. The van der Waals surface area contributed by atoms with Gasteiger partial charge in [0.25, 0.3) is 0 Å². The first-order valence-electron chi connectivity index (χ1n) is 6.16. The van der Waals surface area contributed by atoms with Crippen LogP contribution in [-0.2, 0) is 10.0 Å². The normalized spacial score (nSPS) is 24.7. The average Bonchev–Trinajstić information content (AvgIpc) is 3.04. The molecule has 0 saturated heterocycles. The van der Waals surface area contributed by atoms with E-state index in [-0.39, 0.29) is 5.75 Å². The molecule has 0 radical (unpaired) electrons. The molecule has 0 unspecified atom stereocenters. The molecule has 0 bridgehead atoms. The molecule has 0 spiro atoms. The van der Waals surface area contributed by atoms with Gasteiger partial charge in [0, 0.05) is 12.1 Å². The molecule has 88 valence electrons. The molecule has 2 fully saturated rings. The van der Waals surface area contributed by atoms with E-state index in [0.29, 0.717) is 12.1 Å². The third-order valence-electron chi connectivity index (χ3n) is 3.53. The molecule has 0 aromatic heterocycles. The first-order chi connectivity index (χ1) is 7.15. The van der Waals surface area contributed by atoms with Gasteiger partial charge in [0.05, 0.1) is 5.75 Å². The summed E-state index contributed by atoms with van der Waals surface area (Å²) in [6.07, 6.45) is 8.00. The summed E-state index contributed by atoms with van der Waals surface area (Å²) >= 11 is 0. The zero-order valence-corrected chi connectivity index (χ0v) is 10.3. The molecule has 0 amide bonds. The summed E-state index contributed by atoms with van der Waals surface area (Å²) in [7, 11) is -2.96. The minimum Gasteiger partial charge on any atom is -0.212 e. The van der Waals surface area contributed by atoms with Crippen LogP contribution in [0, 0.1) is 0 Å². The number of hydrogen-bond acceptors (Lipinski definition) is 2. The Morgan fingerprint density at radius 3 is 2.00 bits per heavy atom. The molecule has 0 heterocycles. The Morgan fingerprint density at radius 1 is 1.00 bits per heavy atom. The van der Waals surface area contributed by atoms with Crippen molar-refractivity contribution in [3.8, 4) is 0 Å². The maximum Gasteiger partial charge on any atom is 0.214 e. The second kappa shape index (κ2) is 4.42. The van der Waals surface area contributed by atoms with Gasteiger partial charge in [0.2, 0.25) is 10.0 Å². The van der Waals surface area contributed by atoms with Crippen molar-refractivity contribution in [2.45, 2.75) is 64.0 Å². The van der Waals surface area contributed by atoms with E-state index in [1.807, 2.05) is 4.31 Å².